The van der Waals surface area contributed by atoms with Crippen molar-refractivity contribution in [3.8, 4) is 5.75 Å². The summed E-state index contributed by atoms with van der Waals surface area (Å²) < 4.78 is 28.3. The van der Waals surface area contributed by atoms with E-state index >= 15 is 0 Å². The number of nitrogens with two attached hydrogens (primary N) is 1. The van der Waals surface area contributed by atoms with E-state index in [-0.39, 0.29) is 36.0 Å². The molecule has 0 saturated heterocycles. The van der Waals surface area contributed by atoms with Crippen LogP contribution in [0.25, 0.3) is 0 Å². The predicted molar refractivity (Wildman–Crippen MR) is 84.5 cm³/mol. The van der Waals surface area contributed by atoms with Gasteiger partial charge in [0.15, 0.2) is 0 Å². The van der Waals surface area contributed by atoms with Gasteiger partial charge in [-0.3, -0.25) is 4.79 Å². The number of hydrogen-bond donors (Lipinski definition) is 2. The molecule has 0 spiro atoms. The van der Waals surface area contributed by atoms with Crippen molar-refractivity contribution in [3.63, 3.8) is 0 Å². The average Bonchev–Trinajstić information content (AvgIpc) is 2.46. The van der Waals surface area contributed by atoms with Crippen LogP contribution in [0, 0.1) is 0 Å². The smallest absolute Gasteiger partial charge is 0.387 e. The number of carbonyl (C=O) groups excluding carboxylic acids is 1. The minimum absolute atomic E-state index is 0. The van der Waals surface area contributed by atoms with Crippen molar-refractivity contribution in [2.45, 2.75) is 45.3 Å². The lowest BCUT2D eigenvalue weighted by atomic mass is 9.94. The van der Waals surface area contributed by atoms with Crippen LogP contribution in [0.15, 0.2) is 24.3 Å². The van der Waals surface area contributed by atoms with Crippen molar-refractivity contribution in [3.05, 3.63) is 29.8 Å². The first-order valence-electron chi connectivity index (χ1n) is 6.98. The minimum atomic E-state index is -2.85. The average molecular weight is 337 g/mol. The minimum Gasteiger partial charge on any atom is -0.435 e. The quantitative estimate of drug-likeness (QED) is 0.767. The maximum Gasteiger partial charge on any atom is 0.387 e. The second-order valence-corrected chi connectivity index (χ2v) is 5.05. The molecule has 0 aliphatic heterocycles. The van der Waals surface area contributed by atoms with E-state index in [1.807, 2.05) is 13.8 Å². The first kappa shape index (κ1) is 20.6. The summed E-state index contributed by atoms with van der Waals surface area (Å²) in [5, 5.41) is 2.81. The Morgan fingerprint density at radius 1 is 1.27 bits per heavy atom. The molecule has 0 radical (unpaired) electrons. The molecule has 22 heavy (non-hydrogen) atoms. The van der Waals surface area contributed by atoms with Crippen molar-refractivity contribution in [1.82, 2.24) is 5.32 Å². The Labute approximate surface area is 135 Å². The molecule has 126 valence electrons. The van der Waals surface area contributed by atoms with Crippen LogP contribution in [0.4, 0.5) is 8.78 Å². The van der Waals surface area contributed by atoms with Crippen molar-refractivity contribution in [2.24, 2.45) is 5.73 Å². The number of nitrogens with one attached hydrogen (secondary N) is 1. The van der Waals surface area contributed by atoms with E-state index in [9.17, 15) is 13.6 Å². The van der Waals surface area contributed by atoms with Gasteiger partial charge in [-0.15, -0.1) is 12.4 Å². The van der Waals surface area contributed by atoms with Crippen molar-refractivity contribution >= 4 is 18.3 Å². The monoisotopic (exact) mass is 336 g/mol. The molecule has 1 aromatic carbocycles. The third-order valence-electron chi connectivity index (χ3n) is 3.56. The highest BCUT2D eigenvalue weighted by Gasteiger charge is 2.20. The van der Waals surface area contributed by atoms with Gasteiger partial charge in [-0.2, -0.15) is 8.78 Å². The molecule has 7 heteroatoms. The van der Waals surface area contributed by atoms with Crippen LogP contribution in [-0.2, 0) is 11.2 Å². The molecular formula is C15H23ClF2N2O2. The van der Waals surface area contributed by atoms with Crippen molar-refractivity contribution in [2.75, 3.05) is 6.54 Å². The van der Waals surface area contributed by atoms with Gasteiger partial charge in [0.1, 0.15) is 5.75 Å². The third-order valence-corrected chi connectivity index (χ3v) is 3.56. The Kier molecular flexibility index (Phi) is 8.97. The van der Waals surface area contributed by atoms with E-state index in [0.29, 0.717) is 6.54 Å². The molecule has 0 aliphatic carbocycles. The molecule has 1 rings (SSSR count). The highest BCUT2D eigenvalue weighted by molar-refractivity contribution is 5.85. The van der Waals surface area contributed by atoms with E-state index < -0.39 is 6.61 Å². The van der Waals surface area contributed by atoms with Crippen LogP contribution >= 0.6 is 12.4 Å². The highest BCUT2D eigenvalue weighted by Crippen LogP contribution is 2.15. The van der Waals surface area contributed by atoms with Crippen LogP contribution in [0.5, 0.6) is 5.75 Å². The number of hydrogen-bond acceptors (Lipinski definition) is 3. The molecule has 0 fully saturated rings. The lowest BCUT2D eigenvalue weighted by Crippen LogP contribution is -2.49. The number of carbonyl (C=O) groups is 1. The number of benzene rings is 1. The summed E-state index contributed by atoms with van der Waals surface area (Å²) in [5.41, 5.74) is 6.44. The molecule has 0 bridgehead atoms. The largest absolute Gasteiger partial charge is 0.435 e. The first-order valence-corrected chi connectivity index (χ1v) is 6.98. The van der Waals surface area contributed by atoms with E-state index in [1.54, 1.807) is 12.1 Å². The van der Waals surface area contributed by atoms with Crippen LogP contribution in [0.1, 0.15) is 32.3 Å². The van der Waals surface area contributed by atoms with Crippen molar-refractivity contribution in [1.29, 1.82) is 0 Å². The van der Waals surface area contributed by atoms with Gasteiger partial charge < -0.3 is 15.8 Å². The molecule has 0 atom stereocenters. The second-order valence-electron chi connectivity index (χ2n) is 5.05. The van der Waals surface area contributed by atoms with Crippen LogP contribution < -0.4 is 15.8 Å². The predicted octanol–water partition coefficient (Wildman–Crippen LogP) is 2.89. The maximum atomic E-state index is 12.0. The standard InChI is InChI=1S/C15H22F2N2O2.ClH/c1-3-15(18,4-2)10-19-13(20)9-11-5-7-12(8-6-11)21-14(16)17;/h5-8,14H,3-4,9-10,18H2,1-2H3,(H,19,20);1H. The van der Waals surface area contributed by atoms with Gasteiger partial charge in [0, 0.05) is 12.1 Å². The molecular weight excluding hydrogens is 314 g/mol. The molecule has 4 nitrogen and oxygen atoms in total. The maximum absolute atomic E-state index is 12.0. The molecule has 0 aromatic heterocycles. The topological polar surface area (TPSA) is 64.3 Å². The SMILES string of the molecule is CCC(N)(CC)CNC(=O)Cc1ccc(OC(F)F)cc1.Cl. The van der Waals surface area contributed by atoms with Crippen LogP contribution in [0.2, 0.25) is 0 Å². The zero-order valence-electron chi connectivity index (χ0n) is 12.8. The van der Waals surface area contributed by atoms with Gasteiger partial charge in [0.25, 0.3) is 0 Å². The lowest BCUT2D eigenvalue weighted by molar-refractivity contribution is -0.120. The Balaban J connectivity index is 0.00000441. The van der Waals surface area contributed by atoms with Crippen LogP contribution in [0.3, 0.4) is 0 Å². The molecule has 3 N–H and O–H groups in total. The number of alkyl halides is 2. The van der Waals surface area contributed by atoms with Gasteiger partial charge in [0.2, 0.25) is 5.91 Å². The fourth-order valence-corrected chi connectivity index (χ4v) is 1.81. The lowest BCUT2D eigenvalue weighted by Gasteiger charge is -2.26. The zero-order valence-corrected chi connectivity index (χ0v) is 13.6. The van der Waals surface area contributed by atoms with E-state index in [1.165, 1.54) is 12.1 Å². The summed E-state index contributed by atoms with van der Waals surface area (Å²) in [4.78, 5) is 11.8. The number of ether oxygens (including phenoxy) is 1. The van der Waals surface area contributed by atoms with Gasteiger partial charge in [-0.1, -0.05) is 26.0 Å². The number of rotatable bonds is 8. The first-order chi connectivity index (χ1) is 9.88. The second kappa shape index (κ2) is 9.58. The van der Waals surface area contributed by atoms with Crippen LogP contribution in [-0.4, -0.2) is 24.6 Å². The molecule has 1 amide bonds. The summed E-state index contributed by atoms with van der Waals surface area (Å²) >= 11 is 0. The van der Waals surface area contributed by atoms with E-state index in [2.05, 4.69) is 10.1 Å². The fourth-order valence-electron chi connectivity index (χ4n) is 1.81. The zero-order chi connectivity index (χ0) is 15.9. The highest BCUT2D eigenvalue weighted by atomic mass is 35.5. The molecule has 0 unspecified atom stereocenters. The summed E-state index contributed by atoms with van der Waals surface area (Å²) in [5.74, 6) is -0.0682. The summed E-state index contributed by atoms with van der Waals surface area (Å²) in [6, 6.07) is 6.01. The van der Waals surface area contributed by atoms with Gasteiger partial charge in [-0.05, 0) is 30.5 Å². The van der Waals surface area contributed by atoms with E-state index in [0.717, 1.165) is 18.4 Å². The third kappa shape index (κ3) is 7.04. The summed E-state index contributed by atoms with van der Waals surface area (Å²) in [6.45, 7) is 1.54. The van der Waals surface area contributed by atoms with E-state index in [4.69, 9.17) is 5.73 Å². The number of halogens is 3. The van der Waals surface area contributed by atoms with Gasteiger partial charge in [0.05, 0.1) is 6.42 Å². The van der Waals surface area contributed by atoms with Gasteiger partial charge >= 0.3 is 6.61 Å². The van der Waals surface area contributed by atoms with Gasteiger partial charge in [-0.25, -0.2) is 0 Å². The Morgan fingerprint density at radius 3 is 2.27 bits per heavy atom. The van der Waals surface area contributed by atoms with Crippen molar-refractivity contribution < 1.29 is 18.3 Å². The Bertz CT molecular complexity index is 451. The Hall–Kier alpha value is -1.40. The summed E-state index contributed by atoms with van der Waals surface area (Å²) in [7, 11) is 0. The molecule has 0 heterocycles. The normalized spacial score (nSPS) is 11.0. The molecule has 0 saturated carbocycles. The summed E-state index contributed by atoms with van der Waals surface area (Å²) in [6.07, 6.45) is 1.74. The Morgan fingerprint density at radius 2 is 1.82 bits per heavy atom. The number of amides is 1. The molecule has 0 aliphatic rings. The fraction of sp³-hybridized carbons (Fsp3) is 0.533. The molecule has 1 aromatic rings.